The zero-order valence-corrected chi connectivity index (χ0v) is 19.1. The number of hydrogen-bond donors (Lipinski definition) is 1. The molecule has 0 aromatic heterocycles. The first-order valence-corrected chi connectivity index (χ1v) is 11.2. The molecule has 10 heteroatoms. The van der Waals surface area contributed by atoms with Crippen molar-refractivity contribution in [3.63, 3.8) is 0 Å². The number of anilines is 1. The number of piperazine rings is 1. The molecule has 0 saturated carbocycles. The van der Waals surface area contributed by atoms with Gasteiger partial charge in [-0.25, -0.2) is 22.0 Å². The number of nitrogens with one attached hydrogen (secondary N) is 1. The highest BCUT2D eigenvalue weighted by atomic mass is 32.1. The summed E-state index contributed by atoms with van der Waals surface area (Å²) in [5.74, 6) is -10.9. The Morgan fingerprint density at radius 1 is 0.714 bits per heavy atom. The van der Waals surface area contributed by atoms with E-state index >= 15 is 0 Å². The van der Waals surface area contributed by atoms with Gasteiger partial charge in [-0.05, 0) is 23.3 Å². The van der Waals surface area contributed by atoms with Crippen LogP contribution in [-0.2, 0) is 4.79 Å². The van der Waals surface area contributed by atoms with Crippen LogP contribution in [0.4, 0.5) is 27.6 Å². The summed E-state index contributed by atoms with van der Waals surface area (Å²) in [4.78, 5) is 15.9. The van der Waals surface area contributed by atoms with Crippen LogP contribution in [0.15, 0.2) is 60.7 Å². The molecule has 4 nitrogen and oxygen atoms in total. The Hall–Kier alpha value is -3.53. The number of benzene rings is 3. The minimum absolute atomic E-state index is 0.0604. The van der Waals surface area contributed by atoms with E-state index in [9.17, 15) is 26.7 Å². The Labute approximate surface area is 204 Å². The van der Waals surface area contributed by atoms with Gasteiger partial charge < -0.3 is 15.1 Å². The maximum Gasteiger partial charge on any atom is 0.238 e. The molecule has 4 rings (SSSR count). The van der Waals surface area contributed by atoms with Crippen molar-refractivity contribution < 1.29 is 26.7 Å². The predicted octanol–water partition coefficient (Wildman–Crippen LogP) is 4.74. The summed E-state index contributed by atoms with van der Waals surface area (Å²) in [6.45, 7) is 0.101. The highest BCUT2D eigenvalue weighted by molar-refractivity contribution is 7.80. The number of rotatable bonds is 4. The standard InChI is InChI=1S/C25H20F5N3OS/c26-18-19(27)21(29)23(22(30)20(18)28)32-11-13-33(14-12-32)25(35)31-24(34)17(15-7-3-1-4-8-15)16-9-5-2-6-10-16/h1-10,17H,11-14H2,(H,31,34,35). The van der Waals surface area contributed by atoms with Crippen LogP contribution >= 0.6 is 12.2 Å². The SMILES string of the molecule is O=C(NC(=S)N1CCN(c2c(F)c(F)c(F)c(F)c2F)CC1)C(c1ccccc1)c1ccccc1. The highest BCUT2D eigenvalue weighted by Gasteiger charge is 2.32. The summed E-state index contributed by atoms with van der Waals surface area (Å²) in [7, 11) is 0. The summed E-state index contributed by atoms with van der Waals surface area (Å²) in [5, 5.41) is 2.85. The Morgan fingerprint density at radius 2 is 1.14 bits per heavy atom. The zero-order chi connectivity index (χ0) is 25.1. The fourth-order valence-corrected chi connectivity index (χ4v) is 4.33. The molecule has 0 unspecified atom stereocenters. The van der Waals surface area contributed by atoms with Crippen molar-refractivity contribution >= 4 is 28.9 Å². The smallest absolute Gasteiger partial charge is 0.238 e. The molecule has 1 heterocycles. The van der Waals surface area contributed by atoms with E-state index in [0.717, 1.165) is 16.0 Å². The summed E-state index contributed by atoms with van der Waals surface area (Å²) in [5.41, 5.74) is 0.578. The third-order valence-corrected chi connectivity index (χ3v) is 6.19. The van der Waals surface area contributed by atoms with E-state index in [2.05, 4.69) is 5.32 Å². The fourth-order valence-electron chi connectivity index (χ4n) is 4.05. The molecule has 0 bridgehead atoms. The second-order valence-electron chi connectivity index (χ2n) is 7.94. The van der Waals surface area contributed by atoms with Crippen LogP contribution < -0.4 is 10.2 Å². The first kappa shape index (κ1) is 24.6. The number of nitrogens with zero attached hydrogens (tertiary/aromatic N) is 2. The van der Waals surface area contributed by atoms with E-state index in [4.69, 9.17) is 12.2 Å². The average Bonchev–Trinajstić information content (AvgIpc) is 2.88. The number of hydrogen-bond acceptors (Lipinski definition) is 3. The van der Waals surface area contributed by atoms with Crippen LogP contribution in [0.25, 0.3) is 0 Å². The molecule has 1 aliphatic heterocycles. The lowest BCUT2D eigenvalue weighted by atomic mass is 9.90. The van der Waals surface area contributed by atoms with Crippen molar-refractivity contribution in [2.45, 2.75) is 5.92 Å². The molecule has 1 aliphatic rings. The van der Waals surface area contributed by atoms with Gasteiger partial charge in [-0.2, -0.15) is 0 Å². The van der Waals surface area contributed by atoms with Crippen LogP contribution in [0.1, 0.15) is 17.0 Å². The van der Waals surface area contributed by atoms with Gasteiger partial charge in [-0.3, -0.25) is 4.79 Å². The van der Waals surface area contributed by atoms with Crippen LogP contribution in [0.3, 0.4) is 0 Å². The lowest BCUT2D eigenvalue weighted by molar-refractivity contribution is -0.120. The van der Waals surface area contributed by atoms with Crippen molar-refractivity contribution in [1.29, 1.82) is 0 Å². The van der Waals surface area contributed by atoms with E-state index in [1.165, 1.54) is 0 Å². The van der Waals surface area contributed by atoms with E-state index in [1.807, 2.05) is 60.7 Å². The largest absolute Gasteiger partial charge is 0.363 e. The second kappa shape index (κ2) is 10.4. The van der Waals surface area contributed by atoms with Crippen LogP contribution in [0.2, 0.25) is 0 Å². The first-order valence-electron chi connectivity index (χ1n) is 10.8. The van der Waals surface area contributed by atoms with E-state index < -0.39 is 40.7 Å². The number of thiocarbonyl (C=S) groups is 1. The fraction of sp³-hybridized carbons (Fsp3) is 0.200. The summed E-state index contributed by atoms with van der Waals surface area (Å²) >= 11 is 5.39. The molecular formula is C25H20F5N3OS. The molecule has 0 atom stereocenters. The van der Waals surface area contributed by atoms with Crippen LogP contribution in [0.5, 0.6) is 0 Å². The topological polar surface area (TPSA) is 35.6 Å². The molecule has 1 fully saturated rings. The number of halogens is 5. The second-order valence-corrected chi connectivity index (χ2v) is 8.33. The van der Waals surface area contributed by atoms with Gasteiger partial charge >= 0.3 is 0 Å². The number of carbonyl (C=O) groups is 1. The van der Waals surface area contributed by atoms with Crippen molar-refractivity contribution in [2.24, 2.45) is 0 Å². The van der Waals surface area contributed by atoms with Crippen LogP contribution in [-0.4, -0.2) is 42.1 Å². The lowest BCUT2D eigenvalue weighted by Crippen LogP contribution is -2.53. The van der Waals surface area contributed by atoms with Crippen molar-refractivity contribution in [2.75, 3.05) is 31.1 Å². The van der Waals surface area contributed by atoms with Gasteiger partial charge in [-0.1, -0.05) is 60.7 Å². The molecule has 3 aromatic rings. The van der Waals surface area contributed by atoms with E-state index in [-0.39, 0.29) is 37.2 Å². The maximum absolute atomic E-state index is 14.2. The van der Waals surface area contributed by atoms with Gasteiger partial charge in [0.15, 0.2) is 28.4 Å². The molecule has 3 aromatic carbocycles. The van der Waals surface area contributed by atoms with Crippen molar-refractivity contribution in [1.82, 2.24) is 10.2 Å². The van der Waals surface area contributed by atoms with Gasteiger partial charge in [-0.15, -0.1) is 0 Å². The van der Waals surface area contributed by atoms with Crippen molar-refractivity contribution in [3.8, 4) is 0 Å². The molecule has 0 aliphatic carbocycles. The molecule has 1 saturated heterocycles. The zero-order valence-electron chi connectivity index (χ0n) is 18.3. The maximum atomic E-state index is 14.2. The Balaban J connectivity index is 1.46. The minimum atomic E-state index is -2.20. The summed E-state index contributed by atoms with van der Waals surface area (Å²) in [6, 6.07) is 18.4. The number of carbonyl (C=O) groups excluding carboxylic acids is 1. The molecule has 1 N–H and O–H groups in total. The van der Waals surface area contributed by atoms with Gasteiger partial charge in [0, 0.05) is 26.2 Å². The summed E-state index contributed by atoms with van der Waals surface area (Å²) in [6.07, 6.45) is 0. The lowest BCUT2D eigenvalue weighted by Gasteiger charge is -2.37. The third-order valence-electron chi connectivity index (χ3n) is 5.83. The van der Waals surface area contributed by atoms with Gasteiger partial charge in [0.1, 0.15) is 5.69 Å². The third kappa shape index (κ3) is 4.97. The van der Waals surface area contributed by atoms with Gasteiger partial charge in [0.25, 0.3) is 0 Å². The Kier molecular flexibility index (Phi) is 7.30. The summed E-state index contributed by atoms with van der Waals surface area (Å²) < 4.78 is 68.9. The van der Waals surface area contributed by atoms with Gasteiger partial charge in [0.2, 0.25) is 11.7 Å². The van der Waals surface area contributed by atoms with Crippen molar-refractivity contribution in [3.05, 3.63) is 101 Å². The predicted molar refractivity (Wildman–Crippen MR) is 125 cm³/mol. The van der Waals surface area contributed by atoms with Crippen LogP contribution in [0, 0.1) is 29.1 Å². The normalized spacial score (nSPS) is 13.8. The molecule has 1 amide bonds. The first-order chi connectivity index (χ1) is 16.8. The Morgan fingerprint density at radius 3 is 1.60 bits per heavy atom. The molecule has 182 valence electrons. The monoisotopic (exact) mass is 505 g/mol. The molecule has 0 radical (unpaired) electrons. The number of amides is 1. The molecule has 0 spiro atoms. The minimum Gasteiger partial charge on any atom is -0.363 e. The molecular weight excluding hydrogens is 485 g/mol. The highest BCUT2D eigenvalue weighted by Crippen LogP contribution is 2.31. The molecule has 35 heavy (non-hydrogen) atoms. The van der Waals surface area contributed by atoms with E-state index in [0.29, 0.717) is 0 Å². The quantitative estimate of drug-likeness (QED) is 0.241. The average molecular weight is 506 g/mol. The van der Waals surface area contributed by atoms with E-state index in [1.54, 1.807) is 4.90 Å². The van der Waals surface area contributed by atoms with Gasteiger partial charge in [0.05, 0.1) is 5.92 Å². The Bertz CT molecular complexity index is 1170.